The highest BCUT2D eigenvalue weighted by atomic mass is 16.5. The van der Waals surface area contributed by atoms with Crippen molar-refractivity contribution >= 4 is 0 Å². The monoisotopic (exact) mass is 290 g/mol. The Hall–Kier alpha value is -0.900. The number of rotatable bonds is 7. The van der Waals surface area contributed by atoms with Gasteiger partial charge in [0.1, 0.15) is 0 Å². The fourth-order valence-electron chi connectivity index (χ4n) is 3.12. The van der Waals surface area contributed by atoms with Gasteiger partial charge in [0, 0.05) is 38.8 Å². The summed E-state index contributed by atoms with van der Waals surface area (Å²) in [7, 11) is 1.79. The molecule has 0 radical (unpaired) electrons. The molecule has 3 heteroatoms. The van der Waals surface area contributed by atoms with Gasteiger partial charge in [0.05, 0.1) is 6.61 Å². The van der Waals surface area contributed by atoms with Crippen LogP contribution in [0.3, 0.4) is 0 Å². The highest BCUT2D eigenvalue weighted by molar-refractivity contribution is 5.16. The second-order valence-corrected chi connectivity index (χ2v) is 6.23. The van der Waals surface area contributed by atoms with E-state index in [1.807, 2.05) is 0 Å². The third-order valence-corrected chi connectivity index (χ3v) is 4.79. The zero-order valence-electron chi connectivity index (χ0n) is 13.7. The van der Waals surface area contributed by atoms with Gasteiger partial charge in [-0.25, -0.2) is 0 Å². The van der Waals surface area contributed by atoms with Gasteiger partial charge in [-0.2, -0.15) is 0 Å². The van der Waals surface area contributed by atoms with E-state index in [0.717, 1.165) is 38.6 Å². The molecule has 0 amide bonds. The topological polar surface area (TPSA) is 24.5 Å². The molecule has 2 rings (SSSR count). The number of benzene rings is 1. The molecule has 3 atom stereocenters. The Morgan fingerprint density at radius 2 is 2.10 bits per heavy atom. The number of ether oxygens (including phenoxy) is 1. The van der Waals surface area contributed by atoms with Crippen LogP contribution in [0.1, 0.15) is 25.8 Å². The fourth-order valence-corrected chi connectivity index (χ4v) is 3.12. The van der Waals surface area contributed by atoms with Crippen molar-refractivity contribution in [2.75, 3.05) is 33.4 Å². The van der Waals surface area contributed by atoms with Gasteiger partial charge in [-0.3, -0.25) is 4.90 Å². The van der Waals surface area contributed by atoms with Crippen LogP contribution in [0.5, 0.6) is 0 Å². The molecule has 1 N–H and O–H groups in total. The predicted molar refractivity (Wildman–Crippen MR) is 88.6 cm³/mol. The summed E-state index contributed by atoms with van der Waals surface area (Å²) in [6, 6.07) is 12.0. The van der Waals surface area contributed by atoms with Crippen LogP contribution in [0.25, 0.3) is 0 Å². The van der Waals surface area contributed by atoms with Gasteiger partial charge < -0.3 is 10.1 Å². The van der Waals surface area contributed by atoms with Crippen LogP contribution in [0.4, 0.5) is 0 Å². The van der Waals surface area contributed by atoms with Gasteiger partial charge in [0.2, 0.25) is 0 Å². The third-order valence-electron chi connectivity index (χ3n) is 4.79. The van der Waals surface area contributed by atoms with Crippen LogP contribution in [-0.2, 0) is 11.2 Å². The van der Waals surface area contributed by atoms with Gasteiger partial charge >= 0.3 is 0 Å². The summed E-state index contributed by atoms with van der Waals surface area (Å²) in [6.07, 6.45) is 2.35. The highest BCUT2D eigenvalue weighted by Crippen LogP contribution is 2.18. The summed E-state index contributed by atoms with van der Waals surface area (Å²) in [4.78, 5) is 2.61. The first-order chi connectivity index (χ1) is 10.2. The third kappa shape index (κ3) is 4.80. The number of nitrogens with one attached hydrogen (secondary N) is 1. The maximum absolute atomic E-state index is 5.30. The molecule has 0 aliphatic carbocycles. The Bertz CT molecular complexity index is 395. The Balaban J connectivity index is 1.98. The molecular formula is C18H30N2O. The number of nitrogens with zero attached hydrogens (tertiary/aromatic N) is 1. The van der Waals surface area contributed by atoms with E-state index in [2.05, 4.69) is 54.4 Å². The Labute approximate surface area is 129 Å². The van der Waals surface area contributed by atoms with Crippen molar-refractivity contribution in [2.45, 2.75) is 38.8 Å². The molecule has 3 unspecified atom stereocenters. The maximum Gasteiger partial charge on any atom is 0.0589 e. The maximum atomic E-state index is 5.30. The first-order valence-electron chi connectivity index (χ1n) is 8.24. The molecule has 1 aromatic rings. The summed E-state index contributed by atoms with van der Waals surface area (Å²) in [6.45, 7) is 8.69. The number of methoxy groups -OCH3 is 1. The lowest BCUT2D eigenvalue weighted by atomic mass is 9.93. The zero-order chi connectivity index (χ0) is 15.1. The van der Waals surface area contributed by atoms with Crippen molar-refractivity contribution in [1.82, 2.24) is 10.2 Å². The van der Waals surface area contributed by atoms with Crippen molar-refractivity contribution in [3.63, 3.8) is 0 Å². The van der Waals surface area contributed by atoms with Gasteiger partial charge in [-0.05, 0) is 17.9 Å². The van der Waals surface area contributed by atoms with E-state index >= 15 is 0 Å². The van der Waals surface area contributed by atoms with Gasteiger partial charge in [-0.1, -0.05) is 50.6 Å². The van der Waals surface area contributed by atoms with Crippen LogP contribution in [-0.4, -0.2) is 50.3 Å². The molecule has 0 saturated carbocycles. The molecule has 1 heterocycles. The molecule has 21 heavy (non-hydrogen) atoms. The standard InChI is InChI=1S/C18H30N2O/c1-4-15(2)18-14-20(10-11-21-3)17(13-19-18)12-16-8-6-5-7-9-16/h5-9,15,17-19H,4,10-14H2,1-3H3. The normalized spacial score (nSPS) is 24.9. The van der Waals surface area contributed by atoms with Crippen LogP contribution >= 0.6 is 0 Å². The Morgan fingerprint density at radius 1 is 1.33 bits per heavy atom. The molecule has 1 fully saturated rings. The van der Waals surface area contributed by atoms with Gasteiger partial charge in [0.25, 0.3) is 0 Å². The minimum Gasteiger partial charge on any atom is -0.383 e. The fraction of sp³-hybridized carbons (Fsp3) is 0.667. The molecule has 0 aromatic heterocycles. The predicted octanol–water partition coefficient (Wildman–Crippen LogP) is 2.56. The lowest BCUT2D eigenvalue weighted by Gasteiger charge is -2.42. The van der Waals surface area contributed by atoms with Crippen LogP contribution in [0.2, 0.25) is 0 Å². The Kier molecular flexibility index (Phi) is 6.68. The summed E-state index contributed by atoms with van der Waals surface area (Å²) in [5.41, 5.74) is 1.42. The average Bonchev–Trinajstić information content (AvgIpc) is 2.54. The zero-order valence-corrected chi connectivity index (χ0v) is 13.7. The number of hydrogen-bond donors (Lipinski definition) is 1. The largest absolute Gasteiger partial charge is 0.383 e. The van der Waals surface area contributed by atoms with E-state index in [4.69, 9.17) is 4.74 Å². The van der Waals surface area contributed by atoms with E-state index in [-0.39, 0.29) is 0 Å². The summed E-state index contributed by atoms with van der Waals surface area (Å²) >= 11 is 0. The second-order valence-electron chi connectivity index (χ2n) is 6.23. The molecule has 3 nitrogen and oxygen atoms in total. The lowest BCUT2D eigenvalue weighted by Crippen LogP contribution is -2.59. The van der Waals surface area contributed by atoms with Gasteiger partial charge in [0.15, 0.2) is 0 Å². The minimum absolute atomic E-state index is 0.572. The van der Waals surface area contributed by atoms with E-state index in [1.54, 1.807) is 7.11 Å². The summed E-state index contributed by atoms with van der Waals surface area (Å²) in [5.74, 6) is 0.729. The van der Waals surface area contributed by atoms with E-state index < -0.39 is 0 Å². The van der Waals surface area contributed by atoms with Gasteiger partial charge in [-0.15, -0.1) is 0 Å². The quantitative estimate of drug-likeness (QED) is 0.835. The first-order valence-corrected chi connectivity index (χ1v) is 8.24. The molecule has 0 spiro atoms. The molecule has 0 bridgehead atoms. The molecule has 1 aromatic carbocycles. The van der Waals surface area contributed by atoms with Crippen molar-refractivity contribution in [3.05, 3.63) is 35.9 Å². The SMILES string of the molecule is CCC(C)C1CN(CCOC)C(Cc2ccccc2)CN1. The van der Waals surface area contributed by atoms with Crippen LogP contribution in [0.15, 0.2) is 30.3 Å². The number of hydrogen-bond acceptors (Lipinski definition) is 3. The molecular weight excluding hydrogens is 260 g/mol. The van der Waals surface area contributed by atoms with Crippen molar-refractivity contribution in [1.29, 1.82) is 0 Å². The van der Waals surface area contributed by atoms with E-state index in [0.29, 0.717) is 12.1 Å². The van der Waals surface area contributed by atoms with Crippen molar-refractivity contribution in [2.24, 2.45) is 5.92 Å². The number of piperazine rings is 1. The van der Waals surface area contributed by atoms with Crippen molar-refractivity contribution in [3.8, 4) is 0 Å². The lowest BCUT2D eigenvalue weighted by molar-refractivity contribution is 0.0744. The minimum atomic E-state index is 0.572. The van der Waals surface area contributed by atoms with E-state index in [1.165, 1.54) is 12.0 Å². The highest BCUT2D eigenvalue weighted by Gasteiger charge is 2.29. The van der Waals surface area contributed by atoms with Crippen LogP contribution in [0, 0.1) is 5.92 Å². The first kappa shape index (κ1) is 16.5. The second kappa shape index (κ2) is 8.52. The van der Waals surface area contributed by atoms with Crippen LogP contribution < -0.4 is 5.32 Å². The Morgan fingerprint density at radius 3 is 2.76 bits per heavy atom. The molecule has 1 saturated heterocycles. The summed E-state index contributed by atoms with van der Waals surface area (Å²) < 4.78 is 5.30. The molecule has 118 valence electrons. The van der Waals surface area contributed by atoms with Crippen molar-refractivity contribution < 1.29 is 4.74 Å². The van der Waals surface area contributed by atoms with E-state index in [9.17, 15) is 0 Å². The smallest absolute Gasteiger partial charge is 0.0589 e. The molecule has 1 aliphatic heterocycles. The average molecular weight is 290 g/mol. The summed E-state index contributed by atoms with van der Waals surface area (Å²) in [5, 5.41) is 3.76. The molecule has 1 aliphatic rings.